The van der Waals surface area contributed by atoms with Gasteiger partial charge in [-0.15, -0.1) is 4.83 Å². The van der Waals surface area contributed by atoms with Crippen LogP contribution in [0.1, 0.15) is 29.3 Å². The van der Waals surface area contributed by atoms with Crippen LogP contribution >= 0.6 is 0 Å². The minimum Gasteiger partial charge on any atom is -0.457 e. The number of nitrogens with one attached hydrogen (secondary N) is 2. The van der Waals surface area contributed by atoms with E-state index in [4.69, 9.17) is 14.2 Å². The molecule has 9 heteroatoms. The first-order valence-electron chi connectivity index (χ1n) is 9.58. The molecule has 0 radical (unpaired) electrons. The predicted molar refractivity (Wildman–Crippen MR) is 110 cm³/mol. The van der Waals surface area contributed by atoms with Crippen LogP contribution in [-0.4, -0.2) is 46.0 Å². The minimum absolute atomic E-state index is 0.123. The lowest BCUT2D eigenvalue weighted by Gasteiger charge is -2.39. The van der Waals surface area contributed by atoms with Crippen LogP contribution in [0.4, 0.5) is 0 Å². The Morgan fingerprint density at radius 3 is 2.40 bits per heavy atom. The minimum atomic E-state index is -3.81. The molecule has 1 saturated heterocycles. The third-order valence-corrected chi connectivity index (χ3v) is 6.20. The Bertz CT molecular complexity index is 949. The summed E-state index contributed by atoms with van der Waals surface area (Å²) in [5, 5.41) is 0. The highest BCUT2D eigenvalue weighted by atomic mass is 32.2. The summed E-state index contributed by atoms with van der Waals surface area (Å²) in [6, 6.07) is 14.5. The molecule has 4 atom stereocenters. The van der Waals surface area contributed by atoms with Crippen molar-refractivity contribution in [1.29, 1.82) is 0 Å². The number of hydrogen-bond donors (Lipinski definition) is 2. The molecule has 0 bridgehead atoms. The Morgan fingerprint density at radius 2 is 1.77 bits per heavy atom. The van der Waals surface area contributed by atoms with Crippen LogP contribution in [-0.2, 0) is 24.2 Å². The van der Waals surface area contributed by atoms with Gasteiger partial charge >= 0.3 is 5.97 Å². The van der Waals surface area contributed by atoms with E-state index >= 15 is 0 Å². The normalized spacial score (nSPS) is 24.4. The van der Waals surface area contributed by atoms with Gasteiger partial charge in [0.1, 0.15) is 6.10 Å². The molecule has 0 amide bonds. The van der Waals surface area contributed by atoms with E-state index in [-0.39, 0.29) is 11.3 Å². The predicted octanol–water partition coefficient (Wildman–Crippen LogP) is 2.15. The number of rotatable bonds is 7. The number of sulfonamides is 1. The van der Waals surface area contributed by atoms with Crippen molar-refractivity contribution in [2.75, 3.05) is 7.11 Å². The number of carbonyl (C=O) groups excluding carboxylic acids is 1. The van der Waals surface area contributed by atoms with Crippen LogP contribution in [0.3, 0.4) is 0 Å². The van der Waals surface area contributed by atoms with Gasteiger partial charge in [-0.2, -0.15) is 0 Å². The van der Waals surface area contributed by atoms with Crippen molar-refractivity contribution in [2.45, 2.75) is 49.7 Å². The molecule has 1 fully saturated rings. The van der Waals surface area contributed by atoms with Gasteiger partial charge in [-0.05, 0) is 38.1 Å². The van der Waals surface area contributed by atoms with Crippen LogP contribution < -0.4 is 10.3 Å². The first kappa shape index (κ1) is 22.4. The average molecular weight is 435 g/mol. The molecule has 0 aliphatic carbocycles. The van der Waals surface area contributed by atoms with Crippen LogP contribution in [0.2, 0.25) is 0 Å². The number of hydrazine groups is 1. The van der Waals surface area contributed by atoms with Crippen molar-refractivity contribution < 1.29 is 27.4 Å². The average Bonchev–Trinajstić information content (AvgIpc) is 2.73. The second kappa shape index (κ2) is 9.67. The molecule has 2 aromatic rings. The fourth-order valence-electron chi connectivity index (χ4n) is 3.20. The van der Waals surface area contributed by atoms with Crippen molar-refractivity contribution in [3.63, 3.8) is 0 Å². The summed E-state index contributed by atoms with van der Waals surface area (Å²) in [7, 11) is -2.31. The highest BCUT2D eigenvalue weighted by Gasteiger charge is 2.40. The molecule has 2 aromatic carbocycles. The van der Waals surface area contributed by atoms with Gasteiger partial charge in [0, 0.05) is 13.5 Å². The molecule has 162 valence electrons. The number of hydrogen-bond acceptors (Lipinski definition) is 7. The monoisotopic (exact) mass is 434 g/mol. The van der Waals surface area contributed by atoms with E-state index in [0.717, 1.165) is 5.56 Å². The molecule has 1 heterocycles. The third-order valence-electron chi connectivity index (χ3n) is 4.92. The summed E-state index contributed by atoms with van der Waals surface area (Å²) >= 11 is 0. The van der Waals surface area contributed by atoms with Gasteiger partial charge in [-0.3, -0.25) is 0 Å². The standard InChI is InChI=1S/C21H26N2O6S/c1-14-9-11-17(12-10-14)30(25,26)23-22-20-15(2)28-19(27-3)13-18(20)29-21(24)16-7-5-4-6-8-16/h4-12,15,18-20,22-23H,13H2,1-3H3/t15-,18+,19+,20-/m1/s1. The summed E-state index contributed by atoms with van der Waals surface area (Å²) in [4.78, 5) is 15.0. The lowest BCUT2D eigenvalue weighted by atomic mass is 10.00. The van der Waals surface area contributed by atoms with Crippen molar-refractivity contribution in [3.8, 4) is 0 Å². The van der Waals surface area contributed by atoms with Crippen molar-refractivity contribution in [3.05, 3.63) is 65.7 Å². The molecule has 30 heavy (non-hydrogen) atoms. The molecule has 0 aromatic heterocycles. The third kappa shape index (κ3) is 5.44. The van der Waals surface area contributed by atoms with E-state index in [1.54, 1.807) is 49.4 Å². The van der Waals surface area contributed by atoms with E-state index in [9.17, 15) is 13.2 Å². The summed E-state index contributed by atoms with van der Waals surface area (Å²) in [5.74, 6) is -0.502. The number of aryl methyl sites for hydroxylation is 1. The van der Waals surface area contributed by atoms with Crippen LogP contribution in [0, 0.1) is 6.92 Å². The zero-order valence-corrected chi connectivity index (χ0v) is 17.9. The van der Waals surface area contributed by atoms with E-state index in [1.807, 2.05) is 6.92 Å². The van der Waals surface area contributed by atoms with Gasteiger partial charge in [0.05, 0.1) is 22.6 Å². The highest BCUT2D eigenvalue weighted by molar-refractivity contribution is 7.89. The Balaban J connectivity index is 1.74. The van der Waals surface area contributed by atoms with Gasteiger partial charge < -0.3 is 14.2 Å². The summed E-state index contributed by atoms with van der Waals surface area (Å²) in [6.45, 7) is 3.63. The molecule has 0 spiro atoms. The molecule has 0 saturated carbocycles. The van der Waals surface area contributed by atoms with Crippen LogP contribution in [0.5, 0.6) is 0 Å². The van der Waals surface area contributed by atoms with Gasteiger partial charge in [0.15, 0.2) is 6.29 Å². The van der Waals surface area contributed by atoms with E-state index < -0.39 is 40.5 Å². The summed E-state index contributed by atoms with van der Waals surface area (Å²) in [6.07, 6.45) is -1.48. The molecular formula is C21H26N2O6S. The topological polar surface area (TPSA) is 103 Å². The fraction of sp³-hybridized carbons (Fsp3) is 0.381. The second-order valence-corrected chi connectivity index (χ2v) is 8.82. The molecule has 1 aliphatic heterocycles. The maximum atomic E-state index is 12.6. The molecule has 0 unspecified atom stereocenters. The first-order chi connectivity index (χ1) is 14.3. The van der Waals surface area contributed by atoms with Gasteiger partial charge in [-0.1, -0.05) is 35.9 Å². The molecule has 2 N–H and O–H groups in total. The molecule has 1 aliphatic rings. The quantitative estimate of drug-likeness (QED) is 0.508. The summed E-state index contributed by atoms with van der Waals surface area (Å²) < 4.78 is 41.9. The van der Waals surface area contributed by atoms with Gasteiger partial charge in [0.25, 0.3) is 10.0 Å². The van der Waals surface area contributed by atoms with E-state index in [2.05, 4.69) is 10.3 Å². The number of carbonyl (C=O) groups is 1. The SMILES string of the molecule is CO[C@@H]1C[C@H](OC(=O)c2ccccc2)[C@H](NNS(=O)(=O)c2ccc(C)cc2)[C@@H](C)O1. The number of benzene rings is 2. The number of methoxy groups -OCH3 is 1. The molecule has 3 rings (SSSR count). The Kier molecular flexibility index (Phi) is 7.22. The lowest BCUT2D eigenvalue weighted by molar-refractivity contribution is -0.210. The Labute approximate surface area is 176 Å². The van der Waals surface area contributed by atoms with Crippen LogP contribution in [0.15, 0.2) is 59.5 Å². The lowest BCUT2D eigenvalue weighted by Crippen LogP contribution is -2.60. The highest BCUT2D eigenvalue weighted by Crippen LogP contribution is 2.24. The Morgan fingerprint density at radius 1 is 1.10 bits per heavy atom. The maximum absolute atomic E-state index is 12.6. The number of ether oxygens (including phenoxy) is 3. The number of esters is 1. The summed E-state index contributed by atoms with van der Waals surface area (Å²) in [5.41, 5.74) is 4.14. The second-order valence-electron chi connectivity index (χ2n) is 7.14. The largest absolute Gasteiger partial charge is 0.457 e. The zero-order chi connectivity index (χ0) is 21.7. The van der Waals surface area contributed by atoms with Gasteiger partial charge in [0.2, 0.25) is 0 Å². The van der Waals surface area contributed by atoms with Crippen LogP contribution in [0.25, 0.3) is 0 Å². The molecule has 8 nitrogen and oxygen atoms in total. The molecular weight excluding hydrogens is 408 g/mol. The van der Waals surface area contributed by atoms with E-state index in [1.165, 1.54) is 19.2 Å². The van der Waals surface area contributed by atoms with E-state index in [0.29, 0.717) is 5.56 Å². The maximum Gasteiger partial charge on any atom is 0.338 e. The van der Waals surface area contributed by atoms with Crippen molar-refractivity contribution in [2.24, 2.45) is 0 Å². The fourth-order valence-corrected chi connectivity index (χ4v) is 4.11. The zero-order valence-electron chi connectivity index (χ0n) is 17.1. The van der Waals surface area contributed by atoms with Crippen molar-refractivity contribution in [1.82, 2.24) is 10.3 Å². The Hall–Kier alpha value is -2.30. The van der Waals surface area contributed by atoms with Crippen molar-refractivity contribution >= 4 is 16.0 Å². The smallest absolute Gasteiger partial charge is 0.338 e. The van der Waals surface area contributed by atoms with Gasteiger partial charge in [-0.25, -0.2) is 18.6 Å². The first-order valence-corrected chi connectivity index (χ1v) is 11.1.